The van der Waals surface area contributed by atoms with Crippen molar-refractivity contribution in [2.75, 3.05) is 18.0 Å². The third-order valence-electron chi connectivity index (χ3n) is 5.56. The molecular weight excluding hydrogens is 276 g/mol. The highest BCUT2D eigenvalue weighted by molar-refractivity contribution is 7.80. The molecule has 0 aromatic heterocycles. The Kier molecular flexibility index (Phi) is 4.21. The third kappa shape index (κ3) is 2.94. The van der Waals surface area contributed by atoms with Gasteiger partial charge >= 0.3 is 0 Å². The summed E-state index contributed by atoms with van der Waals surface area (Å²) >= 11 is 5.25. The van der Waals surface area contributed by atoms with Gasteiger partial charge < -0.3 is 10.6 Å². The van der Waals surface area contributed by atoms with Gasteiger partial charge in [0, 0.05) is 24.3 Å². The fraction of sp³-hybridized carbons (Fsp3) is 0.611. The van der Waals surface area contributed by atoms with Crippen LogP contribution in [0.15, 0.2) is 18.2 Å². The number of nitrogens with zero attached hydrogens (tertiary/aromatic N) is 1. The molecule has 2 nitrogen and oxygen atoms in total. The molecule has 1 aromatic rings. The van der Waals surface area contributed by atoms with Crippen molar-refractivity contribution in [3.8, 4) is 0 Å². The number of piperidine rings is 1. The topological polar surface area (TPSA) is 29.3 Å². The number of hydrogen-bond acceptors (Lipinski definition) is 2. The Bertz CT molecular complexity index is 522. The molecule has 2 fully saturated rings. The van der Waals surface area contributed by atoms with Crippen molar-refractivity contribution in [2.24, 2.45) is 11.1 Å². The molecule has 3 rings (SSSR count). The molecule has 2 aliphatic rings. The van der Waals surface area contributed by atoms with Crippen LogP contribution in [-0.2, 0) is 0 Å². The number of anilines is 1. The fourth-order valence-corrected chi connectivity index (χ4v) is 4.45. The Morgan fingerprint density at radius 3 is 2.38 bits per heavy atom. The molecule has 0 bridgehead atoms. The van der Waals surface area contributed by atoms with Crippen LogP contribution in [0.1, 0.15) is 56.1 Å². The maximum Gasteiger partial charge on any atom is 0.106 e. The minimum atomic E-state index is 0.520. The van der Waals surface area contributed by atoms with E-state index < -0.39 is 0 Å². The predicted molar refractivity (Wildman–Crippen MR) is 94.0 cm³/mol. The third-order valence-corrected chi connectivity index (χ3v) is 5.78. The lowest BCUT2D eigenvalue weighted by atomic mass is 9.68. The highest BCUT2D eigenvalue weighted by Gasteiger charge is 2.36. The van der Waals surface area contributed by atoms with E-state index in [1.165, 1.54) is 56.2 Å². The molecule has 1 aromatic carbocycles. The highest BCUT2D eigenvalue weighted by atomic mass is 32.1. The zero-order valence-electron chi connectivity index (χ0n) is 13.0. The normalized spacial score (nSPS) is 21.5. The SMILES string of the molecule is Cc1cccc(C(N)=S)c1N1CCC2(CCCCC2)CC1. The summed E-state index contributed by atoms with van der Waals surface area (Å²) in [4.78, 5) is 3.04. The molecule has 1 saturated carbocycles. The van der Waals surface area contributed by atoms with Crippen LogP contribution in [0.2, 0.25) is 0 Å². The molecule has 2 N–H and O–H groups in total. The molecule has 1 heterocycles. The second-order valence-electron chi connectivity index (χ2n) is 6.88. The van der Waals surface area contributed by atoms with E-state index in [2.05, 4.69) is 30.0 Å². The number of para-hydroxylation sites is 1. The van der Waals surface area contributed by atoms with Crippen LogP contribution in [0, 0.1) is 12.3 Å². The van der Waals surface area contributed by atoms with Gasteiger partial charge in [-0.05, 0) is 49.7 Å². The zero-order valence-corrected chi connectivity index (χ0v) is 13.8. The zero-order chi connectivity index (χ0) is 14.9. The Morgan fingerprint density at radius 1 is 1.10 bits per heavy atom. The van der Waals surface area contributed by atoms with Gasteiger partial charge in [0.1, 0.15) is 4.99 Å². The van der Waals surface area contributed by atoms with Gasteiger partial charge in [-0.25, -0.2) is 0 Å². The summed E-state index contributed by atoms with van der Waals surface area (Å²) in [7, 11) is 0. The number of aryl methyl sites for hydroxylation is 1. The van der Waals surface area contributed by atoms with Gasteiger partial charge in [0.2, 0.25) is 0 Å². The summed E-state index contributed by atoms with van der Waals surface area (Å²) in [5, 5.41) is 0. The summed E-state index contributed by atoms with van der Waals surface area (Å²) in [6, 6.07) is 6.29. The van der Waals surface area contributed by atoms with Crippen molar-refractivity contribution >= 4 is 22.9 Å². The van der Waals surface area contributed by atoms with Gasteiger partial charge in [0.25, 0.3) is 0 Å². The number of rotatable bonds is 2. The smallest absolute Gasteiger partial charge is 0.106 e. The quantitative estimate of drug-likeness (QED) is 0.831. The van der Waals surface area contributed by atoms with Gasteiger partial charge in [0.05, 0.1) is 0 Å². The Labute approximate surface area is 133 Å². The summed E-state index contributed by atoms with van der Waals surface area (Å²) in [5.74, 6) is 0. The molecule has 3 heteroatoms. The first kappa shape index (κ1) is 14.8. The minimum Gasteiger partial charge on any atom is -0.389 e. The van der Waals surface area contributed by atoms with Crippen molar-refractivity contribution in [1.29, 1.82) is 0 Å². The summed E-state index contributed by atoms with van der Waals surface area (Å²) < 4.78 is 0. The van der Waals surface area contributed by atoms with E-state index in [1.807, 2.05) is 0 Å². The van der Waals surface area contributed by atoms with E-state index in [4.69, 9.17) is 18.0 Å². The highest BCUT2D eigenvalue weighted by Crippen LogP contribution is 2.45. The van der Waals surface area contributed by atoms with Gasteiger partial charge in [-0.2, -0.15) is 0 Å². The second kappa shape index (κ2) is 5.96. The molecule has 1 spiro atoms. The molecule has 114 valence electrons. The molecule has 21 heavy (non-hydrogen) atoms. The van der Waals surface area contributed by atoms with Crippen molar-refractivity contribution in [3.05, 3.63) is 29.3 Å². The van der Waals surface area contributed by atoms with Crippen molar-refractivity contribution in [2.45, 2.75) is 51.9 Å². The lowest BCUT2D eigenvalue weighted by Crippen LogP contribution is -2.42. The molecule has 0 unspecified atom stereocenters. The first-order valence-corrected chi connectivity index (χ1v) is 8.67. The minimum absolute atomic E-state index is 0.520. The van der Waals surface area contributed by atoms with Gasteiger partial charge in [-0.15, -0.1) is 0 Å². The lowest BCUT2D eigenvalue weighted by Gasteiger charge is -2.45. The van der Waals surface area contributed by atoms with Gasteiger partial charge in [-0.3, -0.25) is 0 Å². The maximum atomic E-state index is 5.93. The number of nitrogens with two attached hydrogens (primary N) is 1. The monoisotopic (exact) mass is 302 g/mol. The van der Waals surface area contributed by atoms with Crippen LogP contribution in [0.4, 0.5) is 5.69 Å². The van der Waals surface area contributed by atoms with Gasteiger partial charge in [0.15, 0.2) is 0 Å². The van der Waals surface area contributed by atoms with Crippen LogP contribution < -0.4 is 10.6 Å². The Hall–Kier alpha value is -1.09. The van der Waals surface area contributed by atoms with Crippen LogP contribution >= 0.6 is 12.2 Å². The second-order valence-corrected chi connectivity index (χ2v) is 7.32. The van der Waals surface area contributed by atoms with E-state index in [1.54, 1.807) is 0 Å². The van der Waals surface area contributed by atoms with E-state index in [0.717, 1.165) is 18.7 Å². The van der Waals surface area contributed by atoms with E-state index in [9.17, 15) is 0 Å². The van der Waals surface area contributed by atoms with Crippen LogP contribution in [0.3, 0.4) is 0 Å². The number of hydrogen-bond donors (Lipinski definition) is 1. The fourth-order valence-electron chi connectivity index (χ4n) is 4.28. The molecule has 1 saturated heterocycles. The Balaban J connectivity index is 1.79. The average Bonchev–Trinajstić information content (AvgIpc) is 2.49. The molecule has 1 aliphatic heterocycles. The van der Waals surface area contributed by atoms with Crippen molar-refractivity contribution in [1.82, 2.24) is 0 Å². The van der Waals surface area contributed by atoms with E-state index in [-0.39, 0.29) is 0 Å². The first-order valence-electron chi connectivity index (χ1n) is 8.26. The molecule has 1 aliphatic carbocycles. The number of benzene rings is 1. The molecular formula is C18H26N2S. The lowest BCUT2D eigenvalue weighted by molar-refractivity contribution is 0.144. The summed E-state index contributed by atoms with van der Waals surface area (Å²) in [5.41, 5.74) is 10.2. The molecule has 0 amide bonds. The predicted octanol–water partition coefficient (Wildman–Crippen LogP) is 4.18. The van der Waals surface area contributed by atoms with Crippen LogP contribution in [-0.4, -0.2) is 18.1 Å². The Morgan fingerprint density at radius 2 is 1.76 bits per heavy atom. The summed E-state index contributed by atoms with van der Waals surface area (Å²) in [6.45, 7) is 4.48. The van der Waals surface area contributed by atoms with Crippen LogP contribution in [0.5, 0.6) is 0 Å². The van der Waals surface area contributed by atoms with Crippen molar-refractivity contribution in [3.63, 3.8) is 0 Å². The van der Waals surface area contributed by atoms with Crippen LogP contribution in [0.25, 0.3) is 0 Å². The first-order chi connectivity index (χ1) is 10.1. The van der Waals surface area contributed by atoms with E-state index >= 15 is 0 Å². The number of thiocarbonyl (C=S) groups is 1. The van der Waals surface area contributed by atoms with Gasteiger partial charge in [-0.1, -0.05) is 43.6 Å². The van der Waals surface area contributed by atoms with E-state index in [0.29, 0.717) is 10.4 Å². The molecule has 0 atom stereocenters. The molecule has 0 radical (unpaired) electrons. The largest absolute Gasteiger partial charge is 0.389 e. The average molecular weight is 302 g/mol. The summed E-state index contributed by atoms with van der Waals surface area (Å²) in [6.07, 6.45) is 9.85. The maximum absolute atomic E-state index is 5.93. The van der Waals surface area contributed by atoms with Crippen molar-refractivity contribution < 1.29 is 0 Å². The standard InChI is InChI=1S/C18H26N2S/c1-14-6-5-7-15(17(19)21)16(14)20-12-10-18(11-13-20)8-3-2-4-9-18/h5-7H,2-4,8-13H2,1H3,(H2,19,21).